The summed E-state index contributed by atoms with van der Waals surface area (Å²) in [5.41, 5.74) is 0. The van der Waals surface area contributed by atoms with Crippen LogP contribution in [0.25, 0.3) is 0 Å². The molecule has 1 aromatic rings. The fraction of sp³-hybridized carbons (Fsp3) is 0.556. The fourth-order valence-corrected chi connectivity index (χ4v) is 5.04. The van der Waals surface area contributed by atoms with Gasteiger partial charge in [-0.3, -0.25) is 0 Å². The highest BCUT2D eigenvalue weighted by Gasteiger charge is 2.27. The molecule has 8 heteroatoms. The topological polar surface area (TPSA) is 37.4 Å². The summed E-state index contributed by atoms with van der Waals surface area (Å²) in [4.78, 5) is 0.0746. The van der Waals surface area contributed by atoms with Gasteiger partial charge in [0, 0.05) is 19.0 Å². The number of hydrogen-bond donors (Lipinski definition) is 0. The van der Waals surface area contributed by atoms with Gasteiger partial charge < -0.3 is 0 Å². The summed E-state index contributed by atoms with van der Waals surface area (Å²) in [6.45, 7) is 2.53. The van der Waals surface area contributed by atoms with Crippen molar-refractivity contribution in [2.75, 3.05) is 19.0 Å². The van der Waals surface area contributed by atoms with Gasteiger partial charge in [0.05, 0.1) is 4.34 Å². The molecule has 0 saturated carbocycles. The minimum absolute atomic E-state index is 0.0746. The van der Waals surface area contributed by atoms with E-state index in [4.69, 9.17) is 34.8 Å². The number of hydrogen-bond acceptors (Lipinski definition) is 3. The van der Waals surface area contributed by atoms with Crippen LogP contribution in [-0.2, 0) is 10.0 Å². The van der Waals surface area contributed by atoms with Crippen LogP contribution in [0, 0.1) is 0 Å². The molecule has 98 valence electrons. The van der Waals surface area contributed by atoms with Crippen LogP contribution >= 0.6 is 46.1 Å². The zero-order valence-electron chi connectivity index (χ0n) is 9.12. The van der Waals surface area contributed by atoms with Crippen LogP contribution in [0.5, 0.6) is 0 Å². The molecule has 1 rings (SSSR count). The third-order valence-electron chi connectivity index (χ3n) is 2.14. The zero-order chi connectivity index (χ0) is 13.1. The van der Waals surface area contributed by atoms with Crippen molar-refractivity contribution in [3.05, 3.63) is 14.7 Å². The second kappa shape index (κ2) is 6.59. The van der Waals surface area contributed by atoms with E-state index in [1.54, 1.807) is 6.92 Å². The molecule has 0 aliphatic rings. The highest BCUT2D eigenvalue weighted by Crippen LogP contribution is 2.35. The molecule has 0 unspecified atom stereocenters. The average molecular weight is 337 g/mol. The van der Waals surface area contributed by atoms with Gasteiger partial charge in [-0.05, 0) is 12.5 Å². The van der Waals surface area contributed by atoms with Crippen molar-refractivity contribution < 1.29 is 8.42 Å². The summed E-state index contributed by atoms with van der Waals surface area (Å²) in [6.07, 6.45) is 0.601. The van der Waals surface area contributed by atoms with Crippen molar-refractivity contribution in [3.63, 3.8) is 0 Å². The molecule has 17 heavy (non-hydrogen) atoms. The van der Waals surface area contributed by atoms with E-state index in [0.29, 0.717) is 29.7 Å². The van der Waals surface area contributed by atoms with Gasteiger partial charge >= 0.3 is 0 Å². The molecule has 1 heterocycles. The lowest BCUT2D eigenvalue weighted by Crippen LogP contribution is -2.32. The quantitative estimate of drug-likeness (QED) is 0.743. The maximum Gasteiger partial charge on any atom is 0.245 e. The Hall–Kier alpha value is 0.480. The Bertz CT molecular complexity index is 473. The monoisotopic (exact) mass is 335 g/mol. The fourth-order valence-electron chi connectivity index (χ4n) is 1.32. The van der Waals surface area contributed by atoms with Gasteiger partial charge in [0.2, 0.25) is 10.0 Å². The Kier molecular flexibility index (Phi) is 6.02. The first kappa shape index (κ1) is 15.5. The Labute approximate surface area is 120 Å². The lowest BCUT2D eigenvalue weighted by Gasteiger charge is -2.19. The first-order valence-electron chi connectivity index (χ1n) is 4.94. The Morgan fingerprint density at radius 2 is 2.06 bits per heavy atom. The van der Waals surface area contributed by atoms with E-state index in [-0.39, 0.29) is 9.23 Å². The van der Waals surface area contributed by atoms with Gasteiger partial charge in [-0.1, -0.05) is 30.1 Å². The van der Waals surface area contributed by atoms with Crippen LogP contribution in [0.3, 0.4) is 0 Å². The summed E-state index contributed by atoms with van der Waals surface area (Å²) >= 11 is 18.2. The van der Waals surface area contributed by atoms with Crippen molar-refractivity contribution in [2.45, 2.75) is 18.2 Å². The molecule has 0 aliphatic heterocycles. The van der Waals surface area contributed by atoms with E-state index in [1.165, 1.54) is 10.4 Å². The van der Waals surface area contributed by atoms with E-state index in [9.17, 15) is 8.42 Å². The first-order valence-corrected chi connectivity index (χ1v) is 8.49. The summed E-state index contributed by atoms with van der Waals surface area (Å²) < 4.78 is 26.4. The predicted molar refractivity (Wildman–Crippen MR) is 74.1 cm³/mol. The highest BCUT2D eigenvalue weighted by molar-refractivity contribution is 7.89. The first-order chi connectivity index (χ1) is 7.93. The lowest BCUT2D eigenvalue weighted by atomic mass is 10.5. The van der Waals surface area contributed by atoms with Crippen molar-refractivity contribution in [2.24, 2.45) is 0 Å². The van der Waals surface area contributed by atoms with Crippen LogP contribution in [0.15, 0.2) is 11.0 Å². The van der Waals surface area contributed by atoms with E-state index in [1.807, 2.05) is 0 Å². The lowest BCUT2D eigenvalue weighted by molar-refractivity contribution is 0.428. The van der Waals surface area contributed by atoms with Crippen LogP contribution < -0.4 is 0 Å². The maximum atomic E-state index is 12.2. The molecular formula is C9H12Cl3NO2S2. The van der Waals surface area contributed by atoms with Crippen LogP contribution in [0.4, 0.5) is 0 Å². The Morgan fingerprint density at radius 1 is 1.41 bits per heavy atom. The Morgan fingerprint density at radius 3 is 2.47 bits per heavy atom. The molecule has 0 fully saturated rings. The number of sulfonamides is 1. The van der Waals surface area contributed by atoms with Crippen molar-refractivity contribution >= 4 is 56.2 Å². The van der Waals surface area contributed by atoms with Gasteiger partial charge in [-0.25, -0.2) is 8.42 Å². The number of halogens is 3. The molecule has 0 bridgehead atoms. The molecular weight excluding hydrogens is 325 g/mol. The number of rotatable bonds is 6. The highest BCUT2D eigenvalue weighted by atomic mass is 35.5. The van der Waals surface area contributed by atoms with E-state index in [2.05, 4.69) is 0 Å². The molecule has 1 aromatic heterocycles. The van der Waals surface area contributed by atoms with Gasteiger partial charge in [0.25, 0.3) is 0 Å². The predicted octanol–water partition coefficient (Wildman–Crippen LogP) is 3.69. The minimum atomic E-state index is -3.56. The summed E-state index contributed by atoms with van der Waals surface area (Å²) in [7, 11) is -3.56. The molecule has 0 aliphatic carbocycles. The standard InChI is InChI=1S/C9H12Cl3NO2S2/c1-2-13(5-3-4-10)17(14,15)7-6-8(11)16-9(7)12/h6H,2-5H2,1H3. The smallest absolute Gasteiger partial charge is 0.207 e. The molecule has 3 nitrogen and oxygen atoms in total. The number of nitrogens with zero attached hydrogens (tertiary/aromatic N) is 1. The third kappa shape index (κ3) is 3.72. The average Bonchev–Trinajstić information content (AvgIpc) is 2.59. The van der Waals surface area contributed by atoms with Gasteiger partial charge in [-0.2, -0.15) is 4.31 Å². The van der Waals surface area contributed by atoms with Gasteiger partial charge in [0.15, 0.2) is 0 Å². The van der Waals surface area contributed by atoms with Crippen LogP contribution in [-0.4, -0.2) is 31.7 Å². The molecule has 0 N–H and O–H groups in total. The molecule has 0 atom stereocenters. The summed E-state index contributed by atoms with van der Waals surface area (Å²) in [5, 5.41) is 0. The Balaban J connectivity index is 3.04. The van der Waals surface area contributed by atoms with Crippen molar-refractivity contribution in [1.82, 2.24) is 4.31 Å². The zero-order valence-corrected chi connectivity index (χ0v) is 13.0. The molecule has 0 aromatic carbocycles. The summed E-state index contributed by atoms with van der Waals surface area (Å²) in [5.74, 6) is 0.421. The van der Waals surface area contributed by atoms with E-state index < -0.39 is 10.0 Å². The normalized spacial score (nSPS) is 12.3. The number of alkyl halides is 1. The molecule has 0 amide bonds. The van der Waals surface area contributed by atoms with Crippen LogP contribution in [0.1, 0.15) is 13.3 Å². The number of thiophene rings is 1. The SMILES string of the molecule is CCN(CCCCl)S(=O)(=O)c1cc(Cl)sc1Cl. The van der Waals surface area contributed by atoms with Gasteiger partial charge in [0.1, 0.15) is 9.23 Å². The third-order valence-corrected chi connectivity index (χ3v) is 6.13. The van der Waals surface area contributed by atoms with Crippen LogP contribution in [0.2, 0.25) is 8.67 Å². The maximum absolute atomic E-state index is 12.2. The molecule has 0 spiro atoms. The van der Waals surface area contributed by atoms with Crippen molar-refractivity contribution in [1.29, 1.82) is 0 Å². The van der Waals surface area contributed by atoms with Gasteiger partial charge in [-0.15, -0.1) is 22.9 Å². The summed E-state index contributed by atoms with van der Waals surface area (Å²) in [6, 6.07) is 1.38. The van der Waals surface area contributed by atoms with Crippen molar-refractivity contribution in [3.8, 4) is 0 Å². The largest absolute Gasteiger partial charge is 0.245 e. The molecule has 0 radical (unpaired) electrons. The second-order valence-electron chi connectivity index (χ2n) is 3.23. The van der Waals surface area contributed by atoms with E-state index in [0.717, 1.165) is 11.3 Å². The van der Waals surface area contributed by atoms with E-state index >= 15 is 0 Å². The minimum Gasteiger partial charge on any atom is -0.207 e. The second-order valence-corrected chi connectivity index (χ2v) is 7.80. The molecule has 0 saturated heterocycles.